The van der Waals surface area contributed by atoms with Gasteiger partial charge in [0.15, 0.2) is 0 Å². The molecular weight excluding hydrogens is 339 g/mol. The molecule has 0 radical (unpaired) electrons. The molecule has 0 heterocycles. The fourth-order valence-electron chi connectivity index (χ4n) is 2.09. The molecule has 0 bridgehead atoms. The molecule has 2 aromatic carbocycles. The normalized spacial score (nSPS) is 11.9. The fourth-order valence-corrected chi connectivity index (χ4v) is 3.38. The average molecular weight is 358 g/mol. The molecular formula is C16H19ClFN2O2S+. The summed E-state index contributed by atoms with van der Waals surface area (Å²) >= 11 is 5.63. The Bertz CT molecular complexity index is 777. The van der Waals surface area contributed by atoms with Crippen LogP contribution in [0.4, 0.5) is 4.39 Å². The summed E-state index contributed by atoms with van der Waals surface area (Å²) in [5.41, 5.74) is 2.03. The Morgan fingerprint density at radius 2 is 1.70 bits per heavy atom. The molecule has 2 aromatic rings. The Hall–Kier alpha value is -1.47. The summed E-state index contributed by atoms with van der Waals surface area (Å²) in [4.78, 5) is 1.25. The van der Waals surface area contributed by atoms with Gasteiger partial charge in [-0.1, -0.05) is 35.9 Å². The van der Waals surface area contributed by atoms with Gasteiger partial charge in [-0.3, -0.25) is 0 Å². The first-order chi connectivity index (χ1) is 10.8. The maximum absolute atomic E-state index is 13.1. The van der Waals surface area contributed by atoms with Crippen molar-refractivity contribution in [2.24, 2.45) is 0 Å². The second-order valence-electron chi connectivity index (χ2n) is 5.60. The van der Waals surface area contributed by atoms with Crippen molar-refractivity contribution >= 4 is 21.6 Å². The highest BCUT2D eigenvalue weighted by molar-refractivity contribution is 7.89. The predicted octanol–water partition coefficient (Wildman–Crippen LogP) is 1.60. The van der Waals surface area contributed by atoms with Crippen LogP contribution in [0.1, 0.15) is 11.1 Å². The molecule has 2 rings (SSSR count). The molecule has 0 aliphatic heterocycles. The summed E-state index contributed by atoms with van der Waals surface area (Å²) in [6.07, 6.45) is 0. The lowest BCUT2D eigenvalue weighted by atomic mass is 10.1. The van der Waals surface area contributed by atoms with E-state index in [0.717, 1.165) is 24.2 Å². The van der Waals surface area contributed by atoms with Gasteiger partial charge < -0.3 is 4.90 Å². The Morgan fingerprint density at radius 3 is 2.26 bits per heavy atom. The highest BCUT2D eigenvalue weighted by Gasteiger charge is 2.15. The van der Waals surface area contributed by atoms with E-state index in [1.807, 2.05) is 24.3 Å². The second-order valence-corrected chi connectivity index (χ2v) is 7.77. The lowest BCUT2D eigenvalue weighted by Gasteiger charge is -2.09. The number of rotatable bonds is 6. The first-order valence-corrected chi connectivity index (χ1v) is 8.95. The summed E-state index contributed by atoms with van der Waals surface area (Å²) in [5, 5.41) is -0.219. The quantitative estimate of drug-likeness (QED) is 0.825. The van der Waals surface area contributed by atoms with E-state index in [-0.39, 0.29) is 16.5 Å². The molecule has 0 saturated carbocycles. The molecule has 0 spiro atoms. The summed E-state index contributed by atoms with van der Waals surface area (Å²) in [5.74, 6) is -0.649. The van der Waals surface area contributed by atoms with Crippen molar-refractivity contribution in [1.82, 2.24) is 4.72 Å². The molecule has 0 aliphatic carbocycles. The van der Waals surface area contributed by atoms with Gasteiger partial charge in [-0.2, -0.15) is 0 Å². The Kier molecular flexibility index (Phi) is 5.75. The highest BCUT2D eigenvalue weighted by Crippen LogP contribution is 2.19. The molecule has 0 fully saturated rings. The number of benzene rings is 2. The molecule has 0 amide bonds. The predicted molar refractivity (Wildman–Crippen MR) is 88.4 cm³/mol. The van der Waals surface area contributed by atoms with Crippen LogP contribution >= 0.6 is 11.6 Å². The van der Waals surface area contributed by atoms with Gasteiger partial charge in [-0.25, -0.2) is 17.5 Å². The van der Waals surface area contributed by atoms with Crippen molar-refractivity contribution in [2.45, 2.75) is 18.0 Å². The number of hydrogen-bond acceptors (Lipinski definition) is 2. The highest BCUT2D eigenvalue weighted by atomic mass is 35.5. The number of nitrogens with one attached hydrogen (secondary N) is 2. The lowest BCUT2D eigenvalue weighted by Crippen LogP contribution is -3.04. The van der Waals surface area contributed by atoms with Crippen LogP contribution in [0.2, 0.25) is 5.02 Å². The molecule has 0 saturated heterocycles. The van der Waals surface area contributed by atoms with Crippen LogP contribution in [0.3, 0.4) is 0 Å². The number of sulfonamides is 1. The third kappa shape index (κ3) is 5.00. The molecule has 0 aromatic heterocycles. The lowest BCUT2D eigenvalue weighted by molar-refractivity contribution is -0.872. The average Bonchev–Trinajstić information content (AvgIpc) is 2.49. The fraction of sp³-hybridized carbons (Fsp3) is 0.250. The van der Waals surface area contributed by atoms with Crippen LogP contribution in [-0.4, -0.2) is 22.5 Å². The Balaban J connectivity index is 2.05. The summed E-state index contributed by atoms with van der Waals surface area (Å²) in [7, 11) is 0.399. The monoisotopic (exact) mass is 357 g/mol. The SMILES string of the molecule is C[NH+](C)Cc1ccc(CNS(=O)(=O)c2ccc(F)c(Cl)c2)cc1. The van der Waals surface area contributed by atoms with Crippen molar-refractivity contribution in [2.75, 3.05) is 14.1 Å². The minimum atomic E-state index is -3.73. The van der Waals surface area contributed by atoms with E-state index in [9.17, 15) is 12.8 Å². The van der Waals surface area contributed by atoms with Gasteiger partial charge in [0, 0.05) is 12.1 Å². The third-order valence-electron chi connectivity index (χ3n) is 3.25. The first-order valence-electron chi connectivity index (χ1n) is 7.09. The summed E-state index contributed by atoms with van der Waals surface area (Å²) in [6, 6.07) is 11.1. The standard InChI is InChI=1S/C16H18ClFN2O2S/c1-20(2)11-13-5-3-12(4-6-13)10-19-23(21,22)14-7-8-16(18)15(17)9-14/h3-9,19H,10-11H2,1-2H3/p+1. The molecule has 0 atom stereocenters. The van der Waals surface area contributed by atoms with E-state index in [2.05, 4.69) is 18.8 Å². The number of quaternary nitrogens is 1. The van der Waals surface area contributed by atoms with Crippen molar-refractivity contribution in [1.29, 1.82) is 0 Å². The van der Waals surface area contributed by atoms with E-state index in [4.69, 9.17) is 11.6 Å². The first kappa shape index (κ1) is 17.9. The second kappa shape index (κ2) is 7.40. The van der Waals surface area contributed by atoms with E-state index in [1.165, 1.54) is 16.5 Å². The number of halogens is 2. The molecule has 124 valence electrons. The van der Waals surface area contributed by atoms with Crippen LogP contribution in [-0.2, 0) is 23.1 Å². The smallest absolute Gasteiger partial charge is 0.240 e. The summed E-state index contributed by atoms with van der Waals surface area (Å²) < 4.78 is 40.0. The molecule has 4 nitrogen and oxygen atoms in total. The van der Waals surface area contributed by atoms with Gasteiger partial charge in [0.1, 0.15) is 12.4 Å². The van der Waals surface area contributed by atoms with Crippen LogP contribution < -0.4 is 9.62 Å². The zero-order chi connectivity index (χ0) is 17.0. The Morgan fingerprint density at radius 1 is 1.09 bits per heavy atom. The Labute approximate surface area is 140 Å². The van der Waals surface area contributed by atoms with Crippen molar-refractivity contribution in [3.05, 3.63) is 64.4 Å². The molecule has 2 N–H and O–H groups in total. The van der Waals surface area contributed by atoms with Gasteiger partial charge in [0.2, 0.25) is 10.0 Å². The largest absolute Gasteiger partial charge is 0.336 e. The minimum absolute atomic E-state index is 0.0586. The van der Waals surface area contributed by atoms with Gasteiger partial charge >= 0.3 is 0 Å². The van der Waals surface area contributed by atoms with Gasteiger partial charge in [-0.15, -0.1) is 0 Å². The van der Waals surface area contributed by atoms with Gasteiger partial charge in [0.05, 0.1) is 24.0 Å². The van der Waals surface area contributed by atoms with Gasteiger partial charge in [0.25, 0.3) is 0 Å². The van der Waals surface area contributed by atoms with Crippen molar-refractivity contribution in [3.8, 4) is 0 Å². The van der Waals surface area contributed by atoms with Crippen LogP contribution in [0, 0.1) is 5.82 Å². The maximum Gasteiger partial charge on any atom is 0.240 e. The zero-order valence-corrected chi connectivity index (χ0v) is 14.5. The molecule has 23 heavy (non-hydrogen) atoms. The molecule has 0 unspecified atom stereocenters. The van der Waals surface area contributed by atoms with Crippen LogP contribution in [0.5, 0.6) is 0 Å². The van der Waals surface area contributed by atoms with E-state index in [1.54, 1.807) is 0 Å². The molecule has 0 aliphatic rings. The summed E-state index contributed by atoms with van der Waals surface area (Å²) in [6.45, 7) is 1.06. The number of hydrogen-bond donors (Lipinski definition) is 2. The maximum atomic E-state index is 13.1. The van der Waals surface area contributed by atoms with Crippen molar-refractivity contribution < 1.29 is 17.7 Å². The van der Waals surface area contributed by atoms with Crippen LogP contribution in [0.15, 0.2) is 47.4 Å². The van der Waals surface area contributed by atoms with Crippen LogP contribution in [0.25, 0.3) is 0 Å². The van der Waals surface area contributed by atoms with E-state index >= 15 is 0 Å². The van der Waals surface area contributed by atoms with E-state index < -0.39 is 15.8 Å². The third-order valence-corrected chi connectivity index (χ3v) is 4.94. The topological polar surface area (TPSA) is 50.6 Å². The molecule has 7 heteroatoms. The van der Waals surface area contributed by atoms with Gasteiger partial charge in [-0.05, 0) is 23.8 Å². The van der Waals surface area contributed by atoms with Crippen molar-refractivity contribution in [3.63, 3.8) is 0 Å². The zero-order valence-electron chi connectivity index (χ0n) is 12.9. The van der Waals surface area contributed by atoms with E-state index in [0.29, 0.717) is 0 Å². The minimum Gasteiger partial charge on any atom is -0.336 e.